The highest BCUT2D eigenvalue weighted by Crippen LogP contribution is 2.24. The van der Waals surface area contributed by atoms with Crippen molar-refractivity contribution >= 4 is 6.21 Å². The molecule has 0 bridgehead atoms. The Balaban J connectivity index is 2.70. The van der Waals surface area contributed by atoms with Crippen LogP contribution < -0.4 is 0 Å². The van der Waals surface area contributed by atoms with Crippen LogP contribution >= 0.6 is 0 Å². The van der Waals surface area contributed by atoms with E-state index in [0.29, 0.717) is 12.0 Å². The lowest BCUT2D eigenvalue weighted by Crippen LogP contribution is -2.23. The highest BCUT2D eigenvalue weighted by Gasteiger charge is 2.15. The molecule has 0 spiro atoms. The normalized spacial score (nSPS) is 22.9. The monoisotopic (exact) mass is 222 g/mol. The van der Waals surface area contributed by atoms with Gasteiger partial charge in [0, 0.05) is 37.8 Å². The number of nitrogens with zero attached hydrogens (tertiary/aromatic N) is 2. The summed E-state index contributed by atoms with van der Waals surface area (Å²) in [4.78, 5) is 6.95. The maximum atomic E-state index is 4.64. The van der Waals surface area contributed by atoms with Gasteiger partial charge in [0.25, 0.3) is 0 Å². The molecular weight excluding hydrogens is 196 g/mol. The molecule has 2 atom stereocenters. The van der Waals surface area contributed by atoms with E-state index >= 15 is 0 Å². The second kappa shape index (κ2) is 6.72. The van der Waals surface area contributed by atoms with Gasteiger partial charge in [-0.25, -0.2) is 0 Å². The molecule has 2 nitrogen and oxygen atoms in total. The zero-order valence-corrected chi connectivity index (χ0v) is 11.2. The zero-order chi connectivity index (χ0) is 12.0. The van der Waals surface area contributed by atoms with Gasteiger partial charge >= 0.3 is 0 Å². The van der Waals surface area contributed by atoms with Crippen LogP contribution in [0.1, 0.15) is 52.9 Å². The molecule has 0 aromatic carbocycles. The smallest absolute Gasteiger partial charge is 0.0588 e. The first-order valence-electron chi connectivity index (χ1n) is 6.65. The Morgan fingerprint density at radius 1 is 1.50 bits per heavy atom. The van der Waals surface area contributed by atoms with E-state index in [4.69, 9.17) is 0 Å². The lowest BCUT2D eigenvalue weighted by molar-refractivity contribution is 0.356. The molecule has 2 unspecified atom stereocenters. The predicted molar refractivity (Wildman–Crippen MR) is 71.7 cm³/mol. The van der Waals surface area contributed by atoms with E-state index in [-0.39, 0.29) is 0 Å². The van der Waals surface area contributed by atoms with Crippen LogP contribution in [0.2, 0.25) is 0 Å². The molecule has 92 valence electrons. The Kier molecular flexibility index (Phi) is 5.58. The molecule has 1 aliphatic heterocycles. The molecule has 1 aliphatic rings. The van der Waals surface area contributed by atoms with Crippen LogP contribution in [0.3, 0.4) is 0 Å². The topological polar surface area (TPSA) is 15.6 Å². The van der Waals surface area contributed by atoms with Crippen LogP contribution in [-0.4, -0.2) is 24.2 Å². The van der Waals surface area contributed by atoms with E-state index in [1.54, 1.807) is 0 Å². The van der Waals surface area contributed by atoms with E-state index in [0.717, 1.165) is 6.42 Å². The minimum Gasteiger partial charge on any atom is -0.376 e. The first-order valence-corrected chi connectivity index (χ1v) is 6.65. The zero-order valence-electron chi connectivity index (χ0n) is 11.2. The van der Waals surface area contributed by atoms with Crippen LogP contribution in [-0.2, 0) is 0 Å². The van der Waals surface area contributed by atoms with Crippen molar-refractivity contribution in [1.29, 1.82) is 0 Å². The summed E-state index contributed by atoms with van der Waals surface area (Å²) in [5.41, 5.74) is 1.28. The highest BCUT2D eigenvalue weighted by atomic mass is 15.1. The molecule has 16 heavy (non-hydrogen) atoms. The molecule has 1 rings (SSSR count). The molecule has 0 aromatic heterocycles. The number of aliphatic imine (C=N–C) groups is 1. The van der Waals surface area contributed by atoms with E-state index < -0.39 is 0 Å². The summed E-state index contributed by atoms with van der Waals surface area (Å²) < 4.78 is 0. The van der Waals surface area contributed by atoms with Gasteiger partial charge in [-0.3, -0.25) is 4.99 Å². The molecular formula is C14H26N2. The first-order chi connectivity index (χ1) is 7.69. The van der Waals surface area contributed by atoms with E-state index in [1.807, 2.05) is 0 Å². The molecule has 0 amide bonds. The van der Waals surface area contributed by atoms with Gasteiger partial charge in [-0.05, 0) is 19.8 Å². The van der Waals surface area contributed by atoms with Crippen LogP contribution in [0, 0.1) is 5.92 Å². The van der Waals surface area contributed by atoms with E-state index in [2.05, 4.69) is 50.1 Å². The average Bonchev–Trinajstić information content (AvgIpc) is 2.43. The van der Waals surface area contributed by atoms with Crippen molar-refractivity contribution in [1.82, 2.24) is 4.90 Å². The largest absolute Gasteiger partial charge is 0.376 e. The van der Waals surface area contributed by atoms with Gasteiger partial charge in [0.2, 0.25) is 0 Å². The first kappa shape index (κ1) is 13.3. The van der Waals surface area contributed by atoms with E-state index in [1.165, 1.54) is 31.4 Å². The molecule has 0 saturated carbocycles. The van der Waals surface area contributed by atoms with E-state index in [9.17, 15) is 0 Å². The van der Waals surface area contributed by atoms with Crippen molar-refractivity contribution in [2.24, 2.45) is 10.9 Å². The van der Waals surface area contributed by atoms with Crippen molar-refractivity contribution in [3.63, 3.8) is 0 Å². The Morgan fingerprint density at radius 2 is 2.25 bits per heavy atom. The number of unbranched alkanes of at least 4 members (excludes halogenated alkanes) is 1. The van der Waals surface area contributed by atoms with Crippen LogP contribution in [0.4, 0.5) is 0 Å². The summed E-state index contributed by atoms with van der Waals surface area (Å²) in [5, 5.41) is 0. The summed E-state index contributed by atoms with van der Waals surface area (Å²) in [6.07, 6.45) is 10.5. The van der Waals surface area contributed by atoms with Gasteiger partial charge < -0.3 is 4.90 Å². The molecule has 0 saturated heterocycles. The minimum atomic E-state index is 0.574. The maximum absolute atomic E-state index is 4.64. The summed E-state index contributed by atoms with van der Waals surface area (Å²) in [6, 6.07) is 0.574. The number of rotatable bonds is 5. The van der Waals surface area contributed by atoms with Crippen molar-refractivity contribution < 1.29 is 0 Å². The molecule has 0 aromatic rings. The van der Waals surface area contributed by atoms with Gasteiger partial charge in [-0.1, -0.05) is 26.7 Å². The highest BCUT2D eigenvalue weighted by molar-refractivity contribution is 5.60. The Hall–Kier alpha value is -0.790. The van der Waals surface area contributed by atoms with Gasteiger partial charge in [-0.2, -0.15) is 0 Å². The third kappa shape index (κ3) is 3.66. The molecule has 2 heteroatoms. The Bertz CT molecular complexity index is 255. The summed E-state index contributed by atoms with van der Waals surface area (Å²) >= 11 is 0. The quantitative estimate of drug-likeness (QED) is 0.690. The molecule has 0 N–H and O–H groups in total. The summed E-state index contributed by atoms with van der Waals surface area (Å²) in [7, 11) is 2.16. The molecule has 0 aliphatic carbocycles. The average molecular weight is 222 g/mol. The fourth-order valence-corrected chi connectivity index (χ4v) is 2.07. The number of allylic oxidation sites excluding steroid dienone is 1. The lowest BCUT2D eigenvalue weighted by Gasteiger charge is -2.22. The van der Waals surface area contributed by atoms with Gasteiger partial charge in [0.1, 0.15) is 0 Å². The fourth-order valence-electron chi connectivity index (χ4n) is 2.07. The standard InChI is InChI=1S/C14H26N2/c1-5-7-8-13(6-2)14-11-16(4)12(3)9-10-15-14/h10-13H,5-9H2,1-4H3. The second-order valence-electron chi connectivity index (χ2n) is 4.86. The van der Waals surface area contributed by atoms with Crippen LogP contribution in [0.25, 0.3) is 0 Å². The minimum absolute atomic E-state index is 0.574. The predicted octanol–water partition coefficient (Wildman–Crippen LogP) is 3.84. The molecule has 0 radical (unpaired) electrons. The fraction of sp³-hybridized carbons (Fsp3) is 0.786. The van der Waals surface area contributed by atoms with Crippen LogP contribution in [0.5, 0.6) is 0 Å². The van der Waals surface area contributed by atoms with Gasteiger partial charge in [-0.15, -0.1) is 0 Å². The van der Waals surface area contributed by atoms with Crippen molar-refractivity contribution in [2.45, 2.75) is 58.9 Å². The SMILES string of the molecule is CCCCC(CC)C1=CN(C)C(C)CC=N1. The van der Waals surface area contributed by atoms with Crippen molar-refractivity contribution in [2.75, 3.05) is 7.05 Å². The second-order valence-corrected chi connectivity index (χ2v) is 4.86. The Morgan fingerprint density at radius 3 is 2.88 bits per heavy atom. The summed E-state index contributed by atoms with van der Waals surface area (Å²) in [5.74, 6) is 0.643. The molecule has 0 fully saturated rings. The third-order valence-electron chi connectivity index (χ3n) is 3.54. The van der Waals surface area contributed by atoms with Gasteiger partial charge in [0.15, 0.2) is 0 Å². The number of hydrogen-bond acceptors (Lipinski definition) is 2. The molecule has 1 heterocycles. The van der Waals surface area contributed by atoms with Crippen LogP contribution in [0.15, 0.2) is 16.9 Å². The Labute approximate surface area is 100 Å². The van der Waals surface area contributed by atoms with Crippen molar-refractivity contribution in [3.8, 4) is 0 Å². The third-order valence-corrected chi connectivity index (χ3v) is 3.54. The number of hydrogen-bond donors (Lipinski definition) is 0. The van der Waals surface area contributed by atoms with Gasteiger partial charge in [0.05, 0.1) is 5.70 Å². The van der Waals surface area contributed by atoms with Crippen molar-refractivity contribution in [3.05, 3.63) is 11.9 Å². The summed E-state index contributed by atoms with van der Waals surface area (Å²) in [6.45, 7) is 6.77. The lowest BCUT2D eigenvalue weighted by atomic mass is 9.96. The maximum Gasteiger partial charge on any atom is 0.0588 e.